The van der Waals surface area contributed by atoms with Gasteiger partial charge in [-0.3, -0.25) is 4.79 Å². The first-order chi connectivity index (χ1) is 7.65. The lowest BCUT2D eigenvalue weighted by Crippen LogP contribution is -2.41. The average Bonchev–Trinajstić information content (AvgIpc) is 2.56. The minimum absolute atomic E-state index is 0.0742. The van der Waals surface area contributed by atoms with E-state index >= 15 is 0 Å². The lowest BCUT2D eigenvalue weighted by atomic mass is 9.92. The van der Waals surface area contributed by atoms with E-state index in [4.69, 9.17) is 11.6 Å². The first kappa shape index (κ1) is 13.8. The summed E-state index contributed by atoms with van der Waals surface area (Å²) in [5, 5.41) is 3.10. The third-order valence-electron chi connectivity index (χ3n) is 3.66. The SMILES string of the molecule is CC(CCl)C(=O)N[C@H](C)C1CCCCCC1. The monoisotopic (exact) mass is 245 g/mol. The molecule has 1 rings (SSSR count). The standard InChI is InChI=1S/C13H24ClNO/c1-10(9-14)13(16)15-11(2)12-7-5-3-4-6-8-12/h10-12H,3-9H2,1-2H3,(H,15,16)/t10?,11-/m1/s1. The van der Waals surface area contributed by atoms with Gasteiger partial charge in [-0.1, -0.05) is 32.6 Å². The van der Waals surface area contributed by atoms with Crippen molar-refractivity contribution in [2.75, 3.05) is 5.88 Å². The molecule has 2 nitrogen and oxygen atoms in total. The highest BCUT2D eigenvalue weighted by molar-refractivity contribution is 6.19. The third-order valence-corrected chi connectivity index (χ3v) is 4.12. The molecule has 3 heteroatoms. The highest BCUT2D eigenvalue weighted by atomic mass is 35.5. The lowest BCUT2D eigenvalue weighted by Gasteiger charge is -2.24. The highest BCUT2D eigenvalue weighted by Crippen LogP contribution is 2.25. The van der Waals surface area contributed by atoms with Crippen LogP contribution in [-0.4, -0.2) is 17.8 Å². The van der Waals surface area contributed by atoms with Gasteiger partial charge in [-0.25, -0.2) is 0 Å². The van der Waals surface area contributed by atoms with Crippen LogP contribution in [0.5, 0.6) is 0 Å². The first-order valence-corrected chi connectivity index (χ1v) is 7.05. The van der Waals surface area contributed by atoms with E-state index in [2.05, 4.69) is 12.2 Å². The van der Waals surface area contributed by atoms with Crippen molar-refractivity contribution in [1.29, 1.82) is 0 Å². The molecule has 0 aromatic rings. The summed E-state index contributed by atoms with van der Waals surface area (Å²) < 4.78 is 0. The highest BCUT2D eigenvalue weighted by Gasteiger charge is 2.22. The van der Waals surface area contributed by atoms with Gasteiger partial charge in [0.1, 0.15) is 0 Å². The van der Waals surface area contributed by atoms with Crippen LogP contribution in [0.4, 0.5) is 0 Å². The van der Waals surface area contributed by atoms with E-state index in [-0.39, 0.29) is 11.8 Å². The van der Waals surface area contributed by atoms with E-state index < -0.39 is 0 Å². The van der Waals surface area contributed by atoms with E-state index in [1.807, 2.05) is 6.92 Å². The molecule has 2 atom stereocenters. The van der Waals surface area contributed by atoms with Crippen LogP contribution in [0, 0.1) is 11.8 Å². The molecule has 0 bridgehead atoms. The van der Waals surface area contributed by atoms with Gasteiger partial charge in [0.25, 0.3) is 0 Å². The van der Waals surface area contributed by atoms with Crippen molar-refractivity contribution in [3.8, 4) is 0 Å². The number of rotatable bonds is 4. The third kappa shape index (κ3) is 4.32. The van der Waals surface area contributed by atoms with Gasteiger partial charge in [0.2, 0.25) is 5.91 Å². The Labute approximate surface area is 104 Å². The molecule has 1 aliphatic rings. The van der Waals surface area contributed by atoms with E-state index in [9.17, 15) is 4.79 Å². The Morgan fingerprint density at radius 1 is 1.25 bits per heavy atom. The number of halogens is 1. The Hall–Kier alpha value is -0.240. The molecule has 94 valence electrons. The molecule has 0 heterocycles. The van der Waals surface area contributed by atoms with Gasteiger partial charge < -0.3 is 5.32 Å². The second kappa shape index (κ2) is 7.16. The molecule has 0 aliphatic heterocycles. The van der Waals surface area contributed by atoms with Gasteiger partial charge in [0, 0.05) is 17.8 Å². The van der Waals surface area contributed by atoms with Crippen molar-refractivity contribution < 1.29 is 4.79 Å². The van der Waals surface area contributed by atoms with Crippen LogP contribution >= 0.6 is 11.6 Å². The fourth-order valence-corrected chi connectivity index (χ4v) is 2.51. The number of amides is 1. The van der Waals surface area contributed by atoms with Gasteiger partial charge in [0.05, 0.1) is 0 Å². The quantitative estimate of drug-likeness (QED) is 0.598. The number of hydrogen-bond acceptors (Lipinski definition) is 1. The van der Waals surface area contributed by atoms with Gasteiger partial charge in [-0.2, -0.15) is 0 Å². The summed E-state index contributed by atoms with van der Waals surface area (Å²) in [6.07, 6.45) is 7.86. The molecule has 0 saturated heterocycles. The van der Waals surface area contributed by atoms with Crippen LogP contribution in [0.1, 0.15) is 52.4 Å². The zero-order valence-electron chi connectivity index (χ0n) is 10.5. The summed E-state index contributed by atoms with van der Waals surface area (Å²) in [5.41, 5.74) is 0. The van der Waals surface area contributed by atoms with Crippen LogP contribution in [0.15, 0.2) is 0 Å². The Kier molecular flexibility index (Phi) is 6.18. The normalized spacial score (nSPS) is 22.2. The van der Waals surface area contributed by atoms with E-state index in [0.29, 0.717) is 17.8 Å². The maximum Gasteiger partial charge on any atom is 0.224 e. The predicted octanol–water partition coefficient (Wildman–Crippen LogP) is 3.34. The van der Waals surface area contributed by atoms with Crippen LogP contribution in [0.3, 0.4) is 0 Å². The number of carbonyl (C=O) groups excluding carboxylic acids is 1. The van der Waals surface area contributed by atoms with Crippen molar-refractivity contribution >= 4 is 17.5 Å². The molecule has 1 aliphatic carbocycles. The van der Waals surface area contributed by atoms with Crippen LogP contribution in [0.25, 0.3) is 0 Å². The predicted molar refractivity (Wildman–Crippen MR) is 68.7 cm³/mol. The number of carbonyl (C=O) groups is 1. The maximum atomic E-state index is 11.7. The second-order valence-electron chi connectivity index (χ2n) is 5.10. The molecule has 0 radical (unpaired) electrons. The topological polar surface area (TPSA) is 29.1 Å². The summed E-state index contributed by atoms with van der Waals surface area (Å²) in [6, 6.07) is 0.302. The van der Waals surface area contributed by atoms with Crippen LogP contribution in [-0.2, 0) is 4.79 Å². The van der Waals surface area contributed by atoms with Crippen LogP contribution < -0.4 is 5.32 Å². The molecule has 1 N–H and O–H groups in total. The minimum atomic E-state index is -0.0742. The number of alkyl halides is 1. The molecule has 1 saturated carbocycles. The Balaban J connectivity index is 2.37. The van der Waals surface area contributed by atoms with E-state index in [1.165, 1.54) is 38.5 Å². The summed E-state index contributed by atoms with van der Waals surface area (Å²) in [6.45, 7) is 4.01. The van der Waals surface area contributed by atoms with Gasteiger partial charge in [-0.05, 0) is 25.7 Å². The summed E-state index contributed by atoms with van der Waals surface area (Å²) in [4.78, 5) is 11.7. The van der Waals surface area contributed by atoms with Crippen molar-refractivity contribution in [1.82, 2.24) is 5.32 Å². The molecule has 0 aromatic carbocycles. The lowest BCUT2D eigenvalue weighted by molar-refractivity contribution is -0.124. The Morgan fingerprint density at radius 2 is 1.81 bits per heavy atom. The fraction of sp³-hybridized carbons (Fsp3) is 0.923. The van der Waals surface area contributed by atoms with Crippen LogP contribution in [0.2, 0.25) is 0 Å². The molecule has 16 heavy (non-hydrogen) atoms. The molecule has 1 amide bonds. The Morgan fingerprint density at radius 3 is 2.31 bits per heavy atom. The molecule has 0 aromatic heterocycles. The van der Waals surface area contributed by atoms with Crippen molar-refractivity contribution in [3.05, 3.63) is 0 Å². The molecule has 0 spiro atoms. The Bertz CT molecular complexity index is 212. The summed E-state index contributed by atoms with van der Waals surface area (Å²) in [5.74, 6) is 1.10. The first-order valence-electron chi connectivity index (χ1n) is 6.51. The van der Waals surface area contributed by atoms with E-state index in [0.717, 1.165) is 0 Å². The molecule has 1 unspecified atom stereocenters. The van der Waals surface area contributed by atoms with Crippen molar-refractivity contribution in [3.63, 3.8) is 0 Å². The van der Waals surface area contributed by atoms with Crippen molar-refractivity contribution in [2.45, 2.75) is 58.4 Å². The molecule has 1 fully saturated rings. The van der Waals surface area contributed by atoms with Gasteiger partial charge >= 0.3 is 0 Å². The summed E-state index contributed by atoms with van der Waals surface area (Å²) >= 11 is 5.68. The summed E-state index contributed by atoms with van der Waals surface area (Å²) in [7, 11) is 0. The smallest absolute Gasteiger partial charge is 0.224 e. The van der Waals surface area contributed by atoms with Gasteiger partial charge in [0.15, 0.2) is 0 Å². The fourth-order valence-electron chi connectivity index (χ4n) is 2.37. The minimum Gasteiger partial charge on any atom is -0.353 e. The molecular weight excluding hydrogens is 222 g/mol. The number of hydrogen-bond donors (Lipinski definition) is 1. The maximum absolute atomic E-state index is 11.7. The molecular formula is C13H24ClNO. The average molecular weight is 246 g/mol. The zero-order valence-corrected chi connectivity index (χ0v) is 11.2. The van der Waals surface area contributed by atoms with Crippen molar-refractivity contribution in [2.24, 2.45) is 11.8 Å². The number of nitrogens with one attached hydrogen (secondary N) is 1. The van der Waals surface area contributed by atoms with Gasteiger partial charge in [-0.15, -0.1) is 11.6 Å². The van der Waals surface area contributed by atoms with E-state index in [1.54, 1.807) is 0 Å². The zero-order chi connectivity index (χ0) is 12.0. The second-order valence-corrected chi connectivity index (χ2v) is 5.41. The largest absolute Gasteiger partial charge is 0.353 e.